The van der Waals surface area contributed by atoms with E-state index in [-0.39, 0.29) is 0 Å². The van der Waals surface area contributed by atoms with Gasteiger partial charge in [-0.15, -0.1) is 0 Å². The van der Waals surface area contributed by atoms with Crippen LogP contribution < -0.4 is 9.47 Å². The highest BCUT2D eigenvalue weighted by molar-refractivity contribution is 5.91. The Balaban J connectivity index is 1.75. The predicted octanol–water partition coefficient (Wildman–Crippen LogP) is 4.57. The van der Waals surface area contributed by atoms with E-state index in [9.17, 15) is 4.79 Å². The topological polar surface area (TPSA) is 59.3 Å². The van der Waals surface area contributed by atoms with Crippen LogP contribution in [0.15, 0.2) is 78.9 Å². The molecule has 0 unspecified atom stereocenters. The lowest BCUT2D eigenvalue weighted by atomic mass is 10.2. The number of rotatable bonds is 4. The van der Waals surface area contributed by atoms with Crippen LogP contribution >= 0.6 is 0 Å². The monoisotopic (exact) mass is 315 g/mol. The first kappa shape index (κ1) is 15.3. The molecule has 0 aliphatic heterocycles. The van der Waals surface area contributed by atoms with Crippen molar-refractivity contribution in [1.29, 1.82) is 5.26 Å². The summed E-state index contributed by atoms with van der Waals surface area (Å²) in [4.78, 5) is 12.3. The molecule has 0 spiro atoms. The SMILES string of the molecule is N#Cc1cccc(OC(=O)c2cccc(Oc3ccccc3)c2)c1. The van der Waals surface area contributed by atoms with Crippen LogP contribution in [-0.2, 0) is 0 Å². The van der Waals surface area contributed by atoms with Crippen LogP contribution in [0, 0.1) is 11.3 Å². The second-order valence-corrected chi connectivity index (χ2v) is 4.97. The lowest BCUT2D eigenvalue weighted by Crippen LogP contribution is -2.08. The summed E-state index contributed by atoms with van der Waals surface area (Å²) in [6, 6.07) is 24.5. The minimum absolute atomic E-state index is 0.327. The van der Waals surface area contributed by atoms with Crippen LogP contribution in [0.2, 0.25) is 0 Å². The van der Waals surface area contributed by atoms with Crippen LogP contribution in [0.1, 0.15) is 15.9 Å². The molecule has 0 heterocycles. The third-order valence-corrected chi connectivity index (χ3v) is 3.22. The maximum absolute atomic E-state index is 12.3. The molecule has 3 aromatic rings. The van der Waals surface area contributed by atoms with E-state index in [2.05, 4.69) is 0 Å². The zero-order valence-corrected chi connectivity index (χ0v) is 12.7. The van der Waals surface area contributed by atoms with Gasteiger partial charge in [-0.1, -0.05) is 30.3 Å². The van der Waals surface area contributed by atoms with Gasteiger partial charge in [-0.2, -0.15) is 5.26 Å². The Hall–Kier alpha value is -3.58. The number of esters is 1. The second kappa shape index (κ2) is 7.12. The van der Waals surface area contributed by atoms with Crippen molar-refractivity contribution in [3.05, 3.63) is 90.0 Å². The Labute approximate surface area is 139 Å². The quantitative estimate of drug-likeness (QED) is 0.522. The van der Waals surface area contributed by atoms with Gasteiger partial charge in [-0.05, 0) is 48.5 Å². The number of nitrogens with zero attached hydrogens (tertiary/aromatic N) is 1. The first-order valence-electron chi connectivity index (χ1n) is 7.30. The van der Waals surface area contributed by atoms with Gasteiger partial charge in [0.2, 0.25) is 0 Å². The molecule has 0 aromatic heterocycles. The molecule has 0 aliphatic rings. The molecule has 0 N–H and O–H groups in total. The standard InChI is InChI=1S/C20H13NO3/c21-14-15-6-4-10-18(12-15)24-20(22)16-7-5-11-19(13-16)23-17-8-2-1-3-9-17/h1-13H. The number of hydrogen-bond acceptors (Lipinski definition) is 4. The van der Waals surface area contributed by atoms with Gasteiger partial charge in [0.05, 0.1) is 17.2 Å². The maximum Gasteiger partial charge on any atom is 0.343 e. The highest BCUT2D eigenvalue weighted by atomic mass is 16.5. The van der Waals surface area contributed by atoms with E-state index in [4.69, 9.17) is 14.7 Å². The normalized spacial score (nSPS) is 9.79. The Morgan fingerprint density at radius 3 is 2.29 bits per heavy atom. The van der Waals surface area contributed by atoms with E-state index >= 15 is 0 Å². The molecular formula is C20H13NO3. The Morgan fingerprint density at radius 1 is 0.792 bits per heavy atom. The van der Waals surface area contributed by atoms with Gasteiger partial charge in [-0.25, -0.2) is 4.79 Å². The van der Waals surface area contributed by atoms with Crippen molar-refractivity contribution < 1.29 is 14.3 Å². The summed E-state index contributed by atoms with van der Waals surface area (Å²) in [6.45, 7) is 0. The van der Waals surface area contributed by atoms with Crippen LogP contribution in [0.25, 0.3) is 0 Å². The first-order chi connectivity index (χ1) is 11.7. The Kier molecular flexibility index (Phi) is 4.55. The summed E-state index contributed by atoms with van der Waals surface area (Å²) in [5.41, 5.74) is 0.798. The molecule has 3 rings (SSSR count). The molecule has 0 aliphatic carbocycles. The fraction of sp³-hybridized carbons (Fsp3) is 0. The van der Waals surface area contributed by atoms with Gasteiger partial charge in [-0.3, -0.25) is 0 Å². The van der Waals surface area contributed by atoms with Gasteiger partial charge in [0.1, 0.15) is 17.2 Å². The average Bonchev–Trinajstić information content (AvgIpc) is 2.63. The van der Waals surface area contributed by atoms with Crippen LogP contribution in [0.3, 0.4) is 0 Å². The van der Waals surface area contributed by atoms with E-state index in [0.717, 1.165) is 0 Å². The van der Waals surface area contributed by atoms with Crippen molar-refractivity contribution in [2.75, 3.05) is 0 Å². The molecule has 116 valence electrons. The van der Waals surface area contributed by atoms with Crippen molar-refractivity contribution in [3.63, 3.8) is 0 Å². The fourth-order valence-electron chi connectivity index (χ4n) is 2.11. The van der Waals surface area contributed by atoms with Crippen molar-refractivity contribution in [3.8, 4) is 23.3 Å². The molecule has 0 radical (unpaired) electrons. The third-order valence-electron chi connectivity index (χ3n) is 3.22. The maximum atomic E-state index is 12.3. The summed E-state index contributed by atoms with van der Waals surface area (Å²) in [5, 5.41) is 8.88. The molecule has 0 fully saturated rings. The van der Waals surface area contributed by atoms with Crippen LogP contribution in [0.4, 0.5) is 0 Å². The summed E-state index contributed by atoms with van der Waals surface area (Å²) in [6.07, 6.45) is 0. The Morgan fingerprint density at radius 2 is 1.50 bits per heavy atom. The fourth-order valence-corrected chi connectivity index (χ4v) is 2.11. The number of benzene rings is 3. The van der Waals surface area contributed by atoms with Gasteiger partial charge >= 0.3 is 5.97 Å². The third kappa shape index (κ3) is 3.79. The van der Waals surface area contributed by atoms with Gasteiger partial charge in [0, 0.05) is 0 Å². The van der Waals surface area contributed by atoms with Gasteiger partial charge in [0.25, 0.3) is 0 Å². The zero-order chi connectivity index (χ0) is 16.8. The van der Waals surface area contributed by atoms with E-state index in [0.29, 0.717) is 28.4 Å². The number of carbonyl (C=O) groups is 1. The molecule has 4 heteroatoms. The van der Waals surface area contributed by atoms with Crippen molar-refractivity contribution in [1.82, 2.24) is 0 Å². The van der Waals surface area contributed by atoms with Crippen molar-refractivity contribution in [2.24, 2.45) is 0 Å². The molecule has 0 saturated carbocycles. The molecule has 0 atom stereocenters. The van der Waals surface area contributed by atoms with Crippen LogP contribution in [0.5, 0.6) is 17.2 Å². The number of ether oxygens (including phenoxy) is 2. The predicted molar refractivity (Wildman–Crippen MR) is 89.1 cm³/mol. The lowest BCUT2D eigenvalue weighted by molar-refractivity contribution is 0.0734. The lowest BCUT2D eigenvalue weighted by Gasteiger charge is -2.08. The average molecular weight is 315 g/mol. The molecular weight excluding hydrogens is 302 g/mol. The highest BCUT2D eigenvalue weighted by Gasteiger charge is 2.10. The smallest absolute Gasteiger partial charge is 0.343 e. The number of hydrogen-bond donors (Lipinski definition) is 0. The minimum atomic E-state index is -0.511. The Bertz CT molecular complexity index is 898. The number of para-hydroxylation sites is 1. The number of nitriles is 1. The molecule has 0 saturated heterocycles. The van der Waals surface area contributed by atoms with E-state index < -0.39 is 5.97 Å². The number of carbonyl (C=O) groups excluding carboxylic acids is 1. The molecule has 0 amide bonds. The molecule has 4 nitrogen and oxygen atoms in total. The van der Waals surface area contributed by atoms with Gasteiger partial charge in [0.15, 0.2) is 0 Å². The van der Waals surface area contributed by atoms with Crippen molar-refractivity contribution >= 4 is 5.97 Å². The van der Waals surface area contributed by atoms with E-state index in [1.807, 2.05) is 36.4 Å². The highest BCUT2D eigenvalue weighted by Crippen LogP contribution is 2.23. The molecule has 24 heavy (non-hydrogen) atoms. The largest absolute Gasteiger partial charge is 0.457 e. The van der Waals surface area contributed by atoms with Crippen LogP contribution in [-0.4, -0.2) is 5.97 Å². The summed E-state index contributed by atoms with van der Waals surface area (Å²) in [5.74, 6) is 1.04. The summed E-state index contributed by atoms with van der Waals surface area (Å²) in [7, 11) is 0. The van der Waals surface area contributed by atoms with Gasteiger partial charge < -0.3 is 9.47 Å². The summed E-state index contributed by atoms with van der Waals surface area (Å²) >= 11 is 0. The van der Waals surface area contributed by atoms with Crippen molar-refractivity contribution in [2.45, 2.75) is 0 Å². The minimum Gasteiger partial charge on any atom is -0.457 e. The molecule has 3 aromatic carbocycles. The second-order valence-electron chi connectivity index (χ2n) is 4.97. The molecule has 0 bridgehead atoms. The van der Waals surface area contributed by atoms with E-state index in [1.165, 1.54) is 6.07 Å². The van der Waals surface area contributed by atoms with E-state index in [1.54, 1.807) is 42.5 Å². The zero-order valence-electron chi connectivity index (χ0n) is 12.7. The first-order valence-corrected chi connectivity index (χ1v) is 7.30. The summed E-state index contributed by atoms with van der Waals surface area (Å²) < 4.78 is 11.0.